The van der Waals surface area contributed by atoms with E-state index >= 15 is 0 Å². The van der Waals surface area contributed by atoms with E-state index in [1.807, 2.05) is 0 Å². The maximum atomic E-state index is 12.6. The van der Waals surface area contributed by atoms with Crippen LogP contribution in [0.5, 0.6) is 0 Å². The first-order chi connectivity index (χ1) is 10.4. The highest BCUT2D eigenvalue weighted by molar-refractivity contribution is 6.07. The molecule has 0 heterocycles. The molecule has 0 radical (unpaired) electrons. The van der Waals surface area contributed by atoms with E-state index in [2.05, 4.69) is 0 Å². The Morgan fingerprint density at radius 1 is 1.09 bits per heavy atom. The van der Waals surface area contributed by atoms with Crippen molar-refractivity contribution in [3.05, 3.63) is 50.5 Å². The molecule has 0 aromatic heterocycles. The summed E-state index contributed by atoms with van der Waals surface area (Å²) in [6, 6.07) is 0.127. The summed E-state index contributed by atoms with van der Waals surface area (Å²) in [6.45, 7) is 0. The Morgan fingerprint density at radius 3 is 1.83 bits per heavy atom. The Kier molecular flexibility index (Phi) is 4.81. The van der Waals surface area contributed by atoms with Crippen LogP contribution in [0.1, 0.15) is 11.1 Å². The number of carbonyl (C=O) groups is 1. The van der Waals surface area contributed by atoms with E-state index in [9.17, 15) is 41.3 Å². The smallest absolute Gasteiger partial charge is 0.416 e. The van der Waals surface area contributed by atoms with Gasteiger partial charge in [-0.2, -0.15) is 32.2 Å². The summed E-state index contributed by atoms with van der Waals surface area (Å²) in [5.74, 6) is -0.873. The van der Waals surface area contributed by atoms with Crippen molar-refractivity contribution < 1.29 is 36.1 Å². The average molecular weight is 340 g/mol. The second kappa shape index (κ2) is 6.08. The fraction of sp³-hybridized carbons (Fsp3) is 0.182. The maximum Gasteiger partial charge on any atom is 0.416 e. The van der Waals surface area contributed by atoms with Crippen LogP contribution in [0.25, 0.3) is 5.41 Å². The number of nitrogens with one attached hydrogen (secondary N) is 1. The number of alkyl halides is 6. The molecular formula is C11H4F6N3O3-. The quantitative estimate of drug-likeness (QED) is 0.301. The van der Waals surface area contributed by atoms with Gasteiger partial charge in [-0.25, -0.2) is 0 Å². The zero-order valence-corrected chi connectivity index (χ0v) is 10.6. The second-order valence-electron chi connectivity index (χ2n) is 3.97. The summed E-state index contributed by atoms with van der Waals surface area (Å²) in [4.78, 5) is 20.2. The molecule has 1 aromatic rings. The molecule has 0 spiro atoms. The first kappa shape index (κ1) is 18.2. The lowest BCUT2D eigenvalue weighted by atomic mass is 10.1. The molecule has 0 unspecified atom stereocenters. The molecule has 6 nitrogen and oxygen atoms in total. The van der Waals surface area contributed by atoms with E-state index in [0.29, 0.717) is 0 Å². The van der Waals surface area contributed by atoms with Gasteiger partial charge < -0.3 is 10.7 Å². The molecule has 1 N–H and O–H groups in total. The second-order valence-corrected chi connectivity index (χ2v) is 3.97. The minimum absolute atomic E-state index is 0.155. The molecule has 23 heavy (non-hydrogen) atoms. The van der Waals surface area contributed by atoms with Crippen LogP contribution in [0.3, 0.4) is 0 Å². The van der Waals surface area contributed by atoms with E-state index in [-0.39, 0.29) is 18.2 Å². The zero-order valence-electron chi connectivity index (χ0n) is 10.6. The average Bonchev–Trinajstić information content (AvgIpc) is 2.36. The van der Waals surface area contributed by atoms with Crippen molar-refractivity contribution in [2.45, 2.75) is 12.4 Å². The number of rotatable bonds is 3. The van der Waals surface area contributed by atoms with Crippen molar-refractivity contribution in [3.63, 3.8) is 0 Å². The third kappa shape index (κ3) is 4.54. The number of nitrogens with zero attached hydrogens (tertiary/aromatic N) is 2. The Hall–Kier alpha value is -2.88. The minimum Gasteiger partial charge on any atom is -0.757 e. The molecule has 1 rings (SSSR count). The highest BCUT2D eigenvalue weighted by Gasteiger charge is 2.37. The van der Waals surface area contributed by atoms with Crippen molar-refractivity contribution in [3.8, 4) is 0 Å². The molecule has 0 saturated heterocycles. The van der Waals surface area contributed by atoms with Crippen LogP contribution >= 0.6 is 0 Å². The van der Waals surface area contributed by atoms with Gasteiger partial charge in [-0.3, -0.25) is 14.9 Å². The lowest BCUT2D eigenvalue weighted by Crippen LogP contribution is -2.21. The molecule has 0 saturated carbocycles. The summed E-state index contributed by atoms with van der Waals surface area (Å²) in [7, 11) is 0. The van der Waals surface area contributed by atoms with Crippen LogP contribution in [0, 0.1) is 10.1 Å². The summed E-state index contributed by atoms with van der Waals surface area (Å²) in [5.41, 5.74) is -6.02. The standard InChI is InChI=1S/C11H4F6N3O3/c12-10(13,14)5-1-6(11(15,16)17)3-7(2-5)19-9(21)8(4-18)20(22)23/h1-3H,(H,19,21)/q-1. The third-order valence-electron chi connectivity index (χ3n) is 2.35. The molecule has 1 amide bonds. The van der Waals surface area contributed by atoms with Gasteiger partial charge in [0, 0.05) is 5.69 Å². The Balaban J connectivity index is 3.34. The lowest BCUT2D eigenvalue weighted by molar-refractivity contribution is -0.415. The zero-order chi connectivity index (χ0) is 18.0. The van der Waals surface area contributed by atoms with E-state index < -0.39 is 45.7 Å². The molecule has 1 aromatic carbocycles. The summed E-state index contributed by atoms with van der Waals surface area (Å²) in [5, 5.41) is 20.2. The molecular weight excluding hydrogens is 336 g/mol. The van der Waals surface area contributed by atoms with Crippen molar-refractivity contribution in [1.29, 1.82) is 0 Å². The molecule has 0 aliphatic carbocycles. The Bertz CT molecular complexity index is 672. The first-order valence-electron chi connectivity index (χ1n) is 5.38. The van der Waals surface area contributed by atoms with Gasteiger partial charge in [-0.05, 0) is 18.2 Å². The number of amides is 1. The highest BCUT2D eigenvalue weighted by atomic mass is 19.4. The van der Waals surface area contributed by atoms with Gasteiger partial charge in [0.15, 0.2) is 0 Å². The van der Waals surface area contributed by atoms with Crippen LogP contribution in [-0.4, -0.2) is 16.7 Å². The van der Waals surface area contributed by atoms with Gasteiger partial charge in [-0.15, -0.1) is 0 Å². The monoisotopic (exact) mass is 340 g/mol. The largest absolute Gasteiger partial charge is 0.757 e. The van der Waals surface area contributed by atoms with E-state index in [1.54, 1.807) is 0 Å². The van der Waals surface area contributed by atoms with Crippen LogP contribution < -0.4 is 5.32 Å². The first-order valence-corrected chi connectivity index (χ1v) is 5.38. The van der Waals surface area contributed by atoms with Gasteiger partial charge >= 0.3 is 24.0 Å². The fourth-order valence-electron chi connectivity index (χ4n) is 1.39. The Morgan fingerprint density at radius 2 is 1.52 bits per heavy atom. The fourth-order valence-corrected chi connectivity index (χ4v) is 1.39. The normalized spacial score (nSPS) is 11.6. The number of anilines is 1. The van der Waals surface area contributed by atoms with Gasteiger partial charge in [0.05, 0.1) is 16.1 Å². The highest BCUT2D eigenvalue weighted by Crippen LogP contribution is 2.37. The molecule has 124 valence electrons. The number of benzene rings is 1. The van der Waals surface area contributed by atoms with Gasteiger partial charge in [0.2, 0.25) is 0 Å². The van der Waals surface area contributed by atoms with Crippen molar-refractivity contribution >= 4 is 17.5 Å². The minimum atomic E-state index is -5.15. The van der Waals surface area contributed by atoms with Crippen molar-refractivity contribution in [2.75, 3.05) is 5.32 Å². The Labute approximate surface area is 123 Å². The van der Waals surface area contributed by atoms with Gasteiger partial charge in [-0.1, -0.05) is 0 Å². The molecule has 0 fully saturated rings. The third-order valence-corrected chi connectivity index (χ3v) is 2.35. The topological polar surface area (TPSA) is 94.5 Å². The van der Waals surface area contributed by atoms with Crippen LogP contribution in [-0.2, 0) is 17.1 Å². The summed E-state index contributed by atoms with van der Waals surface area (Å²) >= 11 is 0. The van der Waals surface area contributed by atoms with Crippen LogP contribution in [0.15, 0.2) is 23.9 Å². The van der Waals surface area contributed by atoms with E-state index in [4.69, 9.17) is 5.41 Å². The number of hydrogen-bond acceptors (Lipinski definition) is 3. The SMILES string of the molecule is [N-]=C=C(C(=O)Nc1cc(C(F)(F)F)cc(C(F)(F)F)c1)[N+](=O)[O-]. The molecule has 12 heteroatoms. The van der Waals surface area contributed by atoms with Crippen molar-refractivity contribution in [1.82, 2.24) is 0 Å². The van der Waals surface area contributed by atoms with Crippen LogP contribution in [0.4, 0.5) is 32.0 Å². The number of nitro groups is 1. The summed E-state index contributed by atoms with van der Waals surface area (Å²) < 4.78 is 75.5. The molecule has 0 aliphatic heterocycles. The van der Waals surface area contributed by atoms with Crippen molar-refractivity contribution in [2.24, 2.45) is 0 Å². The predicted molar refractivity (Wildman–Crippen MR) is 63.9 cm³/mol. The summed E-state index contributed by atoms with van der Waals surface area (Å²) in [6.07, 6.45) is -10.3. The number of carbonyl (C=O) groups excluding carboxylic acids is 1. The number of hydrogen-bond donors (Lipinski definition) is 1. The molecule has 0 atom stereocenters. The molecule has 0 aliphatic rings. The van der Waals surface area contributed by atoms with Gasteiger partial charge in [0.1, 0.15) is 0 Å². The maximum absolute atomic E-state index is 12.6. The van der Waals surface area contributed by atoms with Crippen LogP contribution in [0.2, 0.25) is 0 Å². The molecule has 0 bridgehead atoms. The van der Waals surface area contributed by atoms with Gasteiger partial charge in [0.25, 0.3) is 0 Å². The lowest BCUT2D eigenvalue weighted by Gasteiger charge is -2.14. The van der Waals surface area contributed by atoms with E-state index in [1.165, 1.54) is 5.32 Å². The van der Waals surface area contributed by atoms with E-state index in [0.717, 1.165) is 5.87 Å². The predicted octanol–water partition coefficient (Wildman–Crippen LogP) is 3.06. The number of halogens is 6.